The second kappa shape index (κ2) is 6.86. The second-order valence-electron chi connectivity index (χ2n) is 8.14. The molecular weight excluding hydrogens is 407 g/mol. The van der Waals surface area contributed by atoms with E-state index in [1.807, 2.05) is 6.92 Å². The van der Waals surface area contributed by atoms with E-state index in [0.717, 1.165) is 24.8 Å². The summed E-state index contributed by atoms with van der Waals surface area (Å²) in [6, 6.07) is 5.23. The van der Waals surface area contributed by atoms with Crippen LogP contribution in [-0.2, 0) is 11.0 Å². The van der Waals surface area contributed by atoms with E-state index in [1.165, 1.54) is 6.20 Å². The molecule has 0 amide bonds. The van der Waals surface area contributed by atoms with Gasteiger partial charge in [-0.1, -0.05) is 11.6 Å². The highest BCUT2D eigenvalue weighted by atomic mass is 35.5. The molecule has 1 aromatic heterocycles. The molecule has 0 unspecified atom stereocenters. The smallest absolute Gasteiger partial charge is 0.434 e. The number of hydrogen-bond donors (Lipinski definition) is 1. The van der Waals surface area contributed by atoms with Gasteiger partial charge in [-0.25, -0.2) is 4.98 Å². The van der Waals surface area contributed by atoms with Crippen LogP contribution in [0.2, 0.25) is 5.02 Å². The van der Waals surface area contributed by atoms with Gasteiger partial charge < -0.3 is 10.1 Å². The molecule has 3 aliphatic rings. The molecule has 1 N–H and O–H groups in total. The number of aromatic nitrogens is 2. The van der Waals surface area contributed by atoms with Gasteiger partial charge in [-0.2, -0.15) is 13.2 Å². The quantitative estimate of drug-likeness (QED) is 0.688. The lowest BCUT2D eigenvalue weighted by Crippen LogP contribution is -2.71. The van der Waals surface area contributed by atoms with E-state index < -0.39 is 11.9 Å². The van der Waals surface area contributed by atoms with Crippen molar-refractivity contribution in [2.75, 3.05) is 11.9 Å². The Kier molecular flexibility index (Phi) is 4.72. The lowest BCUT2D eigenvalue weighted by atomic mass is 9.38. The van der Waals surface area contributed by atoms with E-state index in [0.29, 0.717) is 23.4 Å². The standard InChI is InChI=1S/C20H19ClF3N3O2/c1-12-4-14(2-3-15(12)21)29-8-13(28)5-18-9-19(10-18,11-18)27-17-7-25-6-16(26-17)20(22,23)24/h2-4,6-7H,5,8-11H2,1H3,(H,26,27). The zero-order valence-corrected chi connectivity index (χ0v) is 16.4. The summed E-state index contributed by atoms with van der Waals surface area (Å²) in [6.45, 7) is 1.85. The van der Waals surface area contributed by atoms with Crippen molar-refractivity contribution < 1.29 is 22.7 Å². The van der Waals surface area contributed by atoms with Crippen molar-refractivity contribution in [3.05, 3.63) is 46.9 Å². The molecule has 2 bridgehead atoms. The van der Waals surface area contributed by atoms with Crippen molar-refractivity contribution in [2.24, 2.45) is 5.41 Å². The van der Waals surface area contributed by atoms with Crippen LogP contribution in [0.3, 0.4) is 0 Å². The average Bonchev–Trinajstić information content (AvgIpc) is 2.59. The van der Waals surface area contributed by atoms with Crippen LogP contribution >= 0.6 is 11.6 Å². The van der Waals surface area contributed by atoms with Gasteiger partial charge in [0.1, 0.15) is 18.2 Å². The third-order valence-corrected chi connectivity index (χ3v) is 5.98. The molecule has 154 valence electrons. The van der Waals surface area contributed by atoms with Gasteiger partial charge in [0, 0.05) is 17.0 Å². The van der Waals surface area contributed by atoms with Crippen molar-refractivity contribution in [2.45, 2.75) is 44.3 Å². The summed E-state index contributed by atoms with van der Waals surface area (Å²) in [5.74, 6) is 0.713. The molecule has 0 spiro atoms. The normalized spacial score (nSPS) is 25.0. The van der Waals surface area contributed by atoms with E-state index in [1.54, 1.807) is 18.2 Å². The van der Waals surface area contributed by atoms with Crippen LogP contribution in [0, 0.1) is 12.3 Å². The number of carbonyl (C=O) groups is 1. The molecule has 5 rings (SSSR count). The number of hydrogen-bond acceptors (Lipinski definition) is 5. The molecule has 9 heteroatoms. The molecular formula is C20H19ClF3N3O2. The van der Waals surface area contributed by atoms with E-state index in [9.17, 15) is 18.0 Å². The first-order chi connectivity index (χ1) is 13.6. The Labute approximate surface area is 170 Å². The van der Waals surface area contributed by atoms with Crippen LogP contribution in [0.1, 0.15) is 36.9 Å². The topological polar surface area (TPSA) is 64.1 Å². The van der Waals surface area contributed by atoms with Gasteiger partial charge in [-0.3, -0.25) is 9.78 Å². The molecule has 29 heavy (non-hydrogen) atoms. The van der Waals surface area contributed by atoms with Crippen LogP contribution in [0.5, 0.6) is 5.75 Å². The fraction of sp³-hybridized carbons (Fsp3) is 0.450. The number of nitrogens with one attached hydrogen (secondary N) is 1. The lowest BCUT2D eigenvalue weighted by Gasteiger charge is -2.70. The summed E-state index contributed by atoms with van der Waals surface area (Å²) in [5.41, 5.74) is -0.513. The monoisotopic (exact) mass is 425 g/mol. The zero-order valence-electron chi connectivity index (χ0n) is 15.6. The van der Waals surface area contributed by atoms with Gasteiger partial charge in [0.05, 0.1) is 12.4 Å². The van der Waals surface area contributed by atoms with Crippen molar-refractivity contribution in [1.29, 1.82) is 0 Å². The molecule has 0 radical (unpaired) electrons. The highest BCUT2D eigenvalue weighted by Gasteiger charge is 2.68. The molecule has 0 aliphatic heterocycles. The Hall–Kier alpha value is -2.35. The Bertz CT molecular complexity index is 944. The molecule has 3 aliphatic carbocycles. The van der Waals surface area contributed by atoms with E-state index in [4.69, 9.17) is 16.3 Å². The predicted molar refractivity (Wildman–Crippen MR) is 101 cm³/mol. The number of nitrogens with zero attached hydrogens (tertiary/aromatic N) is 2. The van der Waals surface area contributed by atoms with Gasteiger partial charge >= 0.3 is 6.18 Å². The number of ether oxygens (including phenoxy) is 1. The summed E-state index contributed by atoms with van der Waals surface area (Å²) in [4.78, 5) is 19.5. The molecule has 3 fully saturated rings. The Morgan fingerprint density at radius 2 is 2.00 bits per heavy atom. The third kappa shape index (κ3) is 4.03. The number of Topliss-reactive ketones (excluding diaryl/α,β-unsaturated/α-hetero) is 1. The summed E-state index contributed by atoms with van der Waals surface area (Å²) in [7, 11) is 0. The summed E-state index contributed by atoms with van der Waals surface area (Å²) in [6.07, 6.45) is 0.0414. The number of anilines is 1. The first kappa shape index (κ1) is 19.9. The Balaban J connectivity index is 1.27. The lowest BCUT2D eigenvalue weighted by molar-refractivity contribution is -0.148. The summed E-state index contributed by atoms with van der Waals surface area (Å²) >= 11 is 5.97. The van der Waals surface area contributed by atoms with Gasteiger partial charge in [-0.05, 0) is 55.4 Å². The van der Waals surface area contributed by atoms with Crippen LogP contribution in [-0.4, -0.2) is 27.9 Å². The molecule has 3 saturated carbocycles. The first-order valence-corrected chi connectivity index (χ1v) is 9.54. The molecule has 0 saturated heterocycles. The molecule has 2 aromatic rings. The first-order valence-electron chi connectivity index (χ1n) is 9.16. The summed E-state index contributed by atoms with van der Waals surface area (Å²) in [5, 5.41) is 3.71. The van der Waals surface area contributed by atoms with E-state index in [-0.39, 0.29) is 29.2 Å². The largest absolute Gasteiger partial charge is 0.486 e. The van der Waals surface area contributed by atoms with Crippen LogP contribution < -0.4 is 10.1 Å². The van der Waals surface area contributed by atoms with Crippen LogP contribution in [0.25, 0.3) is 0 Å². The van der Waals surface area contributed by atoms with Crippen molar-refractivity contribution in [1.82, 2.24) is 9.97 Å². The molecule has 0 atom stereocenters. The second-order valence-corrected chi connectivity index (χ2v) is 8.55. The van der Waals surface area contributed by atoms with E-state index >= 15 is 0 Å². The van der Waals surface area contributed by atoms with Gasteiger partial charge in [0.25, 0.3) is 0 Å². The fourth-order valence-electron chi connectivity index (χ4n) is 4.49. The number of rotatable bonds is 7. The minimum atomic E-state index is -4.53. The maximum atomic E-state index is 12.8. The maximum Gasteiger partial charge on any atom is 0.434 e. The van der Waals surface area contributed by atoms with Crippen LogP contribution in [0.4, 0.5) is 19.0 Å². The Morgan fingerprint density at radius 1 is 1.28 bits per heavy atom. The minimum Gasteiger partial charge on any atom is -0.486 e. The molecule has 1 heterocycles. The predicted octanol–water partition coefficient (Wildman–Crippen LogP) is 4.83. The van der Waals surface area contributed by atoms with Crippen LogP contribution in [0.15, 0.2) is 30.6 Å². The van der Waals surface area contributed by atoms with Crippen molar-refractivity contribution in [3.8, 4) is 5.75 Å². The highest BCUT2D eigenvalue weighted by Crippen LogP contribution is 2.70. The van der Waals surface area contributed by atoms with Crippen molar-refractivity contribution in [3.63, 3.8) is 0 Å². The molecule has 1 aromatic carbocycles. The highest BCUT2D eigenvalue weighted by molar-refractivity contribution is 6.31. The number of halogens is 4. The SMILES string of the molecule is Cc1cc(OCC(=O)CC23CC(Nc4cncc(C(F)(F)F)n4)(C2)C3)ccc1Cl. The zero-order chi connectivity index (χ0) is 20.9. The van der Waals surface area contributed by atoms with Gasteiger partial charge in [0.2, 0.25) is 0 Å². The molecule has 5 nitrogen and oxygen atoms in total. The number of carbonyl (C=O) groups excluding carboxylic acids is 1. The number of aryl methyl sites for hydroxylation is 1. The minimum absolute atomic E-state index is 0.00441. The number of benzene rings is 1. The van der Waals surface area contributed by atoms with Gasteiger partial charge in [-0.15, -0.1) is 0 Å². The maximum absolute atomic E-state index is 12.8. The Morgan fingerprint density at radius 3 is 2.66 bits per heavy atom. The average molecular weight is 426 g/mol. The van der Waals surface area contributed by atoms with E-state index in [2.05, 4.69) is 15.3 Å². The number of ketones is 1. The van der Waals surface area contributed by atoms with Gasteiger partial charge in [0.15, 0.2) is 11.5 Å². The number of alkyl halides is 3. The third-order valence-electron chi connectivity index (χ3n) is 5.56. The fourth-order valence-corrected chi connectivity index (χ4v) is 4.61. The summed E-state index contributed by atoms with van der Waals surface area (Å²) < 4.78 is 43.8. The van der Waals surface area contributed by atoms with Crippen molar-refractivity contribution >= 4 is 23.2 Å².